The van der Waals surface area contributed by atoms with Gasteiger partial charge in [0.05, 0.1) is 6.61 Å². The van der Waals surface area contributed by atoms with E-state index >= 15 is 0 Å². The summed E-state index contributed by atoms with van der Waals surface area (Å²) in [5.41, 5.74) is 1.26. The summed E-state index contributed by atoms with van der Waals surface area (Å²) in [6, 6.07) is 9.21. The first-order valence-corrected chi connectivity index (χ1v) is 5.80. The summed E-state index contributed by atoms with van der Waals surface area (Å²) >= 11 is 0. The average molecular weight is 247 g/mol. The summed E-state index contributed by atoms with van der Waals surface area (Å²) in [6.45, 7) is 1.99. The Kier molecular flexibility index (Phi) is 5.64. The van der Waals surface area contributed by atoms with E-state index in [-0.39, 0.29) is 18.8 Å². The molecule has 0 unspecified atom stereocenters. The Labute approximate surface area is 107 Å². The number of ketones is 1. The van der Waals surface area contributed by atoms with Gasteiger partial charge in [-0.25, -0.2) is 0 Å². The maximum Gasteiger partial charge on any atom is 0.313 e. The van der Waals surface area contributed by atoms with Crippen LogP contribution in [0.15, 0.2) is 36.5 Å². The van der Waals surface area contributed by atoms with E-state index in [9.17, 15) is 9.59 Å². The standard InChI is InChI=1S/C14H17NO3/c1-3-18-14(17)9-13(16)12(10-15-2)11-7-5-4-6-8-11/h4-8,10,15H,3,9H2,1-2H3. The Morgan fingerprint density at radius 1 is 1.28 bits per heavy atom. The van der Waals surface area contributed by atoms with Gasteiger partial charge in [0, 0.05) is 18.8 Å². The highest BCUT2D eigenvalue weighted by atomic mass is 16.5. The molecule has 4 nitrogen and oxygen atoms in total. The van der Waals surface area contributed by atoms with Gasteiger partial charge in [-0.15, -0.1) is 0 Å². The van der Waals surface area contributed by atoms with Gasteiger partial charge in [0.15, 0.2) is 5.78 Å². The summed E-state index contributed by atoms with van der Waals surface area (Å²) in [4.78, 5) is 23.3. The lowest BCUT2D eigenvalue weighted by molar-refractivity contribution is -0.144. The van der Waals surface area contributed by atoms with E-state index < -0.39 is 5.97 Å². The summed E-state index contributed by atoms with van der Waals surface area (Å²) in [7, 11) is 1.71. The zero-order valence-corrected chi connectivity index (χ0v) is 10.6. The molecular weight excluding hydrogens is 230 g/mol. The van der Waals surface area contributed by atoms with Gasteiger partial charge < -0.3 is 10.1 Å². The molecule has 0 spiro atoms. The van der Waals surface area contributed by atoms with Crippen molar-refractivity contribution >= 4 is 17.3 Å². The van der Waals surface area contributed by atoms with Gasteiger partial charge in [0.25, 0.3) is 0 Å². The first-order chi connectivity index (χ1) is 8.69. The second-order valence-corrected chi connectivity index (χ2v) is 3.62. The summed E-state index contributed by atoms with van der Waals surface area (Å²) in [5, 5.41) is 2.82. The van der Waals surface area contributed by atoms with Crippen LogP contribution in [0, 0.1) is 0 Å². The average Bonchev–Trinajstić information content (AvgIpc) is 2.37. The number of nitrogens with one attached hydrogen (secondary N) is 1. The van der Waals surface area contributed by atoms with Gasteiger partial charge in [-0.1, -0.05) is 30.3 Å². The molecule has 0 amide bonds. The molecule has 0 saturated carbocycles. The predicted octanol–water partition coefficient (Wildman–Crippen LogP) is 1.77. The third kappa shape index (κ3) is 4.05. The SMILES string of the molecule is CCOC(=O)CC(=O)C(=CNC)c1ccccc1. The first-order valence-electron chi connectivity index (χ1n) is 5.80. The minimum absolute atomic E-state index is 0.240. The molecule has 0 aliphatic rings. The van der Waals surface area contributed by atoms with Crippen LogP contribution in [0.4, 0.5) is 0 Å². The number of carbonyl (C=O) groups is 2. The number of carbonyl (C=O) groups excluding carboxylic acids is 2. The van der Waals surface area contributed by atoms with Gasteiger partial charge in [-0.3, -0.25) is 9.59 Å². The highest BCUT2D eigenvalue weighted by Crippen LogP contribution is 2.16. The van der Waals surface area contributed by atoms with Crippen LogP contribution in [-0.2, 0) is 14.3 Å². The highest BCUT2D eigenvalue weighted by molar-refractivity contribution is 6.24. The molecule has 1 N–H and O–H groups in total. The number of hydrogen-bond acceptors (Lipinski definition) is 4. The monoisotopic (exact) mass is 247 g/mol. The summed E-state index contributed by atoms with van der Waals surface area (Å²) < 4.78 is 4.77. The lowest BCUT2D eigenvalue weighted by atomic mass is 10.0. The van der Waals surface area contributed by atoms with Crippen molar-refractivity contribution in [2.45, 2.75) is 13.3 Å². The number of Topliss-reactive ketones (excluding diaryl/α,β-unsaturated/α-hetero) is 1. The fourth-order valence-electron chi connectivity index (χ4n) is 1.53. The first kappa shape index (κ1) is 14.0. The molecule has 0 fully saturated rings. The van der Waals surface area contributed by atoms with Crippen molar-refractivity contribution in [1.82, 2.24) is 5.32 Å². The maximum absolute atomic E-state index is 12.0. The third-order valence-electron chi connectivity index (χ3n) is 2.28. The maximum atomic E-state index is 12.0. The summed E-state index contributed by atoms with van der Waals surface area (Å²) in [5.74, 6) is -0.755. The van der Waals surface area contributed by atoms with E-state index in [1.165, 1.54) is 0 Å². The molecule has 0 heterocycles. The van der Waals surface area contributed by atoms with Crippen LogP contribution >= 0.6 is 0 Å². The van der Waals surface area contributed by atoms with Crippen LogP contribution in [0.3, 0.4) is 0 Å². The van der Waals surface area contributed by atoms with Crippen molar-refractivity contribution in [3.05, 3.63) is 42.1 Å². The summed E-state index contributed by atoms with van der Waals surface area (Å²) in [6.07, 6.45) is 1.35. The largest absolute Gasteiger partial charge is 0.466 e. The zero-order chi connectivity index (χ0) is 13.4. The van der Waals surface area contributed by atoms with E-state index in [1.807, 2.05) is 30.3 Å². The number of allylic oxidation sites excluding steroid dienone is 1. The Morgan fingerprint density at radius 3 is 2.50 bits per heavy atom. The molecule has 18 heavy (non-hydrogen) atoms. The number of esters is 1. The number of rotatable bonds is 6. The van der Waals surface area contributed by atoms with Crippen LogP contribution < -0.4 is 5.32 Å². The highest BCUT2D eigenvalue weighted by Gasteiger charge is 2.16. The smallest absolute Gasteiger partial charge is 0.313 e. The molecule has 0 aromatic heterocycles. The van der Waals surface area contributed by atoms with E-state index in [1.54, 1.807) is 20.2 Å². The number of benzene rings is 1. The van der Waals surface area contributed by atoms with Crippen molar-refractivity contribution < 1.29 is 14.3 Å². The van der Waals surface area contributed by atoms with E-state index in [4.69, 9.17) is 4.74 Å². The molecule has 0 aliphatic heterocycles. The Balaban J connectivity index is 2.84. The van der Waals surface area contributed by atoms with Crippen molar-refractivity contribution in [3.8, 4) is 0 Å². The van der Waals surface area contributed by atoms with Gasteiger partial charge in [0.1, 0.15) is 6.42 Å². The van der Waals surface area contributed by atoms with Gasteiger partial charge in [-0.05, 0) is 12.5 Å². The fourth-order valence-corrected chi connectivity index (χ4v) is 1.53. The molecule has 0 radical (unpaired) electrons. The molecule has 0 saturated heterocycles. The molecule has 4 heteroatoms. The number of ether oxygens (including phenoxy) is 1. The Hall–Kier alpha value is -2.10. The lowest BCUT2D eigenvalue weighted by Crippen LogP contribution is -2.14. The molecule has 1 rings (SSSR count). The molecule has 1 aromatic carbocycles. The zero-order valence-electron chi connectivity index (χ0n) is 10.6. The second kappa shape index (κ2) is 7.27. The van der Waals surface area contributed by atoms with Crippen LogP contribution in [0.5, 0.6) is 0 Å². The fraction of sp³-hybridized carbons (Fsp3) is 0.286. The molecule has 0 atom stereocenters. The lowest BCUT2D eigenvalue weighted by Gasteiger charge is -2.07. The Morgan fingerprint density at radius 2 is 1.94 bits per heavy atom. The molecule has 96 valence electrons. The normalized spacial score (nSPS) is 10.9. The second-order valence-electron chi connectivity index (χ2n) is 3.62. The molecule has 0 aliphatic carbocycles. The van der Waals surface area contributed by atoms with Crippen LogP contribution in [0.25, 0.3) is 5.57 Å². The van der Waals surface area contributed by atoms with Gasteiger partial charge >= 0.3 is 5.97 Å². The van der Waals surface area contributed by atoms with Crippen LogP contribution in [0.1, 0.15) is 18.9 Å². The van der Waals surface area contributed by atoms with E-state index in [0.717, 1.165) is 5.56 Å². The van der Waals surface area contributed by atoms with Crippen LogP contribution in [-0.4, -0.2) is 25.4 Å². The minimum atomic E-state index is -0.500. The Bertz CT molecular complexity index is 438. The predicted molar refractivity (Wildman–Crippen MR) is 69.7 cm³/mol. The molecular formula is C14H17NO3. The number of hydrogen-bond donors (Lipinski definition) is 1. The minimum Gasteiger partial charge on any atom is -0.466 e. The van der Waals surface area contributed by atoms with E-state index in [2.05, 4.69) is 5.32 Å². The molecule has 0 bridgehead atoms. The van der Waals surface area contributed by atoms with Gasteiger partial charge in [-0.2, -0.15) is 0 Å². The van der Waals surface area contributed by atoms with E-state index in [0.29, 0.717) is 5.57 Å². The topological polar surface area (TPSA) is 55.4 Å². The van der Waals surface area contributed by atoms with Crippen LogP contribution in [0.2, 0.25) is 0 Å². The van der Waals surface area contributed by atoms with Crippen molar-refractivity contribution in [2.75, 3.05) is 13.7 Å². The van der Waals surface area contributed by atoms with Gasteiger partial charge in [0.2, 0.25) is 0 Å². The van der Waals surface area contributed by atoms with Crippen molar-refractivity contribution in [1.29, 1.82) is 0 Å². The van der Waals surface area contributed by atoms with Crippen molar-refractivity contribution in [2.24, 2.45) is 0 Å². The quantitative estimate of drug-likeness (QED) is 0.473. The third-order valence-corrected chi connectivity index (χ3v) is 2.28. The van der Waals surface area contributed by atoms with Crippen molar-refractivity contribution in [3.63, 3.8) is 0 Å². The molecule has 1 aromatic rings.